The highest BCUT2D eigenvalue weighted by Crippen LogP contribution is 2.46. The summed E-state index contributed by atoms with van der Waals surface area (Å²) in [6.45, 7) is 6.96. The summed E-state index contributed by atoms with van der Waals surface area (Å²) >= 11 is 0. The Bertz CT molecular complexity index is 624. The molecule has 1 aromatic heterocycles. The number of aryl methyl sites for hydroxylation is 2. The molecule has 0 bridgehead atoms. The smallest absolute Gasteiger partial charge is 0.237 e. The summed E-state index contributed by atoms with van der Waals surface area (Å²) in [7, 11) is 1.92. The SMILES string of the molecule is Cc1noc(C)c1CN(C)CN1C(=O)CC2(CCC(C)CC2)C1=O. The van der Waals surface area contributed by atoms with Crippen LogP contribution in [0.1, 0.15) is 56.0 Å². The summed E-state index contributed by atoms with van der Waals surface area (Å²) in [5.74, 6) is 1.45. The second kappa shape index (κ2) is 6.31. The average molecular weight is 333 g/mol. The number of nitrogens with zero attached hydrogens (tertiary/aromatic N) is 3. The Labute approximate surface area is 143 Å². The Balaban J connectivity index is 1.67. The molecule has 2 amide bonds. The standard InChI is InChI=1S/C18H27N3O3/c1-12-5-7-18(8-6-12)9-16(22)21(17(18)23)11-20(4)10-15-13(2)19-24-14(15)3/h12H,5-11H2,1-4H3. The van der Waals surface area contributed by atoms with Crippen molar-refractivity contribution in [3.8, 4) is 0 Å². The molecular formula is C18H27N3O3. The van der Waals surface area contributed by atoms with E-state index in [1.165, 1.54) is 4.90 Å². The molecule has 2 fully saturated rings. The van der Waals surface area contributed by atoms with Gasteiger partial charge in [-0.25, -0.2) is 0 Å². The quantitative estimate of drug-likeness (QED) is 0.793. The van der Waals surface area contributed by atoms with Crippen LogP contribution in [0.15, 0.2) is 4.52 Å². The van der Waals surface area contributed by atoms with Gasteiger partial charge in [0.25, 0.3) is 0 Å². The van der Waals surface area contributed by atoms with Crippen LogP contribution in [0.25, 0.3) is 0 Å². The van der Waals surface area contributed by atoms with E-state index in [2.05, 4.69) is 12.1 Å². The topological polar surface area (TPSA) is 66.7 Å². The predicted molar refractivity (Wildman–Crippen MR) is 88.8 cm³/mol. The number of carbonyl (C=O) groups excluding carboxylic acids is 2. The zero-order chi connectivity index (χ0) is 17.5. The Morgan fingerprint density at radius 3 is 2.54 bits per heavy atom. The van der Waals surface area contributed by atoms with Crippen molar-refractivity contribution >= 4 is 11.8 Å². The number of imide groups is 1. The van der Waals surface area contributed by atoms with E-state index < -0.39 is 5.41 Å². The van der Waals surface area contributed by atoms with Crippen LogP contribution >= 0.6 is 0 Å². The first kappa shape index (κ1) is 17.1. The van der Waals surface area contributed by atoms with Crippen LogP contribution in [-0.2, 0) is 16.1 Å². The molecule has 1 saturated heterocycles. The first-order valence-corrected chi connectivity index (χ1v) is 8.77. The monoisotopic (exact) mass is 333 g/mol. The number of hydrogen-bond donors (Lipinski definition) is 0. The van der Waals surface area contributed by atoms with E-state index in [-0.39, 0.29) is 11.8 Å². The average Bonchev–Trinajstić information content (AvgIpc) is 2.96. The molecule has 1 spiro atoms. The Hall–Kier alpha value is -1.69. The highest BCUT2D eigenvalue weighted by atomic mass is 16.5. The molecule has 0 N–H and O–H groups in total. The van der Waals surface area contributed by atoms with Crippen molar-refractivity contribution in [2.75, 3.05) is 13.7 Å². The predicted octanol–water partition coefficient (Wildman–Crippen LogP) is 2.64. The second-order valence-corrected chi connectivity index (χ2v) is 7.72. The van der Waals surface area contributed by atoms with Crippen molar-refractivity contribution < 1.29 is 14.1 Å². The second-order valence-electron chi connectivity index (χ2n) is 7.72. The molecule has 1 saturated carbocycles. The maximum Gasteiger partial charge on any atom is 0.237 e. The van der Waals surface area contributed by atoms with Crippen LogP contribution in [0.5, 0.6) is 0 Å². The van der Waals surface area contributed by atoms with Crippen molar-refractivity contribution in [3.63, 3.8) is 0 Å². The lowest BCUT2D eigenvalue weighted by Crippen LogP contribution is -2.42. The third-order valence-electron chi connectivity index (χ3n) is 5.71. The Morgan fingerprint density at radius 1 is 1.29 bits per heavy atom. The van der Waals surface area contributed by atoms with Crippen molar-refractivity contribution in [3.05, 3.63) is 17.0 Å². The molecule has 24 heavy (non-hydrogen) atoms. The summed E-state index contributed by atoms with van der Waals surface area (Å²) in [5.41, 5.74) is 1.46. The third-order valence-corrected chi connectivity index (χ3v) is 5.71. The summed E-state index contributed by atoms with van der Waals surface area (Å²) < 4.78 is 5.18. The number of aromatic nitrogens is 1. The van der Waals surface area contributed by atoms with Crippen molar-refractivity contribution in [2.24, 2.45) is 11.3 Å². The fourth-order valence-corrected chi connectivity index (χ4v) is 4.00. The van der Waals surface area contributed by atoms with Gasteiger partial charge in [0.05, 0.1) is 17.8 Å². The molecule has 132 valence electrons. The maximum atomic E-state index is 12.9. The molecule has 1 aliphatic heterocycles. The lowest BCUT2D eigenvalue weighted by Gasteiger charge is -2.34. The minimum Gasteiger partial charge on any atom is -0.361 e. The molecule has 0 unspecified atom stereocenters. The van der Waals surface area contributed by atoms with Crippen LogP contribution in [0, 0.1) is 25.2 Å². The number of amides is 2. The molecule has 6 nitrogen and oxygen atoms in total. The van der Waals surface area contributed by atoms with Gasteiger partial charge in [0, 0.05) is 18.5 Å². The number of carbonyl (C=O) groups is 2. The Morgan fingerprint density at radius 2 is 1.96 bits per heavy atom. The summed E-state index contributed by atoms with van der Waals surface area (Å²) in [4.78, 5) is 28.8. The lowest BCUT2D eigenvalue weighted by molar-refractivity contribution is -0.144. The van der Waals surface area contributed by atoms with Gasteiger partial charge in [-0.3, -0.25) is 19.4 Å². The largest absolute Gasteiger partial charge is 0.361 e. The maximum absolute atomic E-state index is 12.9. The summed E-state index contributed by atoms with van der Waals surface area (Å²) in [6.07, 6.45) is 4.17. The number of likely N-dealkylation sites (tertiary alicyclic amines) is 1. The van der Waals surface area contributed by atoms with Gasteiger partial charge < -0.3 is 4.52 Å². The van der Waals surface area contributed by atoms with E-state index in [9.17, 15) is 9.59 Å². The molecule has 2 aliphatic rings. The zero-order valence-electron chi connectivity index (χ0n) is 15.1. The van der Waals surface area contributed by atoms with Crippen molar-refractivity contribution in [2.45, 2.75) is 59.4 Å². The minimum atomic E-state index is -0.423. The molecule has 1 aliphatic carbocycles. The van der Waals surface area contributed by atoms with E-state index in [1.54, 1.807) is 0 Å². The van der Waals surface area contributed by atoms with E-state index in [4.69, 9.17) is 4.52 Å². The van der Waals surface area contributed by atoms with Gasteiger partial charge in [0.15, 0.2) is 0 Å². The van der Waals surface area contributed by atoms with E-state index in [1.807, 2.05) is 25.8 Å². The molecule has 0 radical (unpaired) electrons. The van der Waals surface area contributed by atoms with Gasteiger partial charge in [-0.15, -0.1) is 0 Å². The van der Waals surface area contributed by atoms with Crippen LogP contribution in [0.2, 0.25) is 0 Å². The molecule has 1 aromatic rings. The van der Waals surface area contributed by atoms with E-state index in [0.717, 1.165) is 42.7 Å². The van der Waals surface area contributed by atoms with Gasteiger partial charge >= 0.3 is 0 Å². The molecule has 2 heterocycles. The van der Waals surface area contributed by atoms with Crippen LogP contribution < -0.4 is 0 Å². The molecule has 6 heteroatoms. The molecule has 0 aromatic carbocycles. The van der Waals surface area contributed by atoms with Crippen LogP contribution in [-0.4, -0.2) is 40.5 Å². The summed E-state index contributed by atoms with van der Waals surface area (Å²) in [6, 6.07) is 0. The number of hydrogen-bond acceptors (Lipinski definition) is 5. The van der Waals surface area contributed by atoms with Gasteiger partial charge in [-0.2, -0.15) is 0 Å². The first-order valence-electron chi connectivity index (χ1n) is 8.77. The summed E-state index contributed by atoms with van der Waals surface area (Å²) in [5, 5.41) is 3.96. The minimum absolute atomic E-state index is 0.0276. The lowest BCUT2D eigenvalue weighted by atomic mass is 9.70. The van der Waals surface area contributed by atoms with E-state index in [0.29, 0.717) is 25.6 Å². The van der Waals surface area contributed by atoms with E-state index >= 15 is 0 Å². The fraction of sp³-hybridized carbons (Fsp3) is 0.722. The van der Waals surface area contributed by atoms with Crippen LogP contribution in [0.4, 0.5) is 0 Å². The first-order chi connectivity index (χ1) is 11.3. The van der Waals surface area contributed by atoms with Gasteiger partial charge in [0.2, 0.25) is 11.8 Å². The Kier molecular flexibility index (Phi) is 4.51. The van der Waals surface area contributed by atoms with Gasteiger partial charge in [-0.05, 0) is 52.5 Å². The molecule has 3 rings (SSSR count). The fourth-order valence-electron chi connectivity index (χ4n) is 4.00. The number of rotatable bonds is 4. The normalized spacial score (nSPS) is 27.7. The van der Waals surface area contributed by atoms with Crippen molar-refractivity contribution in [1.82, 2.24) is 15.0 Å². The highest BCUT2D eigenvalue weighted by Gasteiger charge is 2.52. The zero-order valence-corrected chi connectivity index (χ0v) is 15.1. The van der Waals surface area contributed by atoms with Crippen molar-refractivity contribution in [1.29, 1.82) is 0 Å². The molecular weight excluding hydrogens is 306 g/mol. The van der Waals surface area contributed by atoms with Gasteiger partial charge in [0.1, 0.15) is 5.76 Å². The van der Waals surface area contributed by atoms with Crippen LogP contribution in [0.3, 0.4) is 0 Å². The third kappa shape index (κ3) is 2.99. The molecule has 0 atom stereocenters. The van der Waals surface area contributed by atoms with Gasteiger partial charge in [-0.1, -0.05) is 12.1 Å². The highest BCUT2D eigenvalue weighted by molar-refractivity contribution is 6.05.